The summed E-state index contributed by atoms with van der Waals surface area (Å²) in [6.07, 6.45) is 3.24. The van der Waals surface area contributed by atoms with E-state index in [1.807, 2.05) is 55.5 Å². The monoisotopic (exact) mass is 390 g/mol. The van der Waals surface area contributed by atoms with E-state index in [0.717, 1.165) is 54.1 Å². The average molecular weight is 390 g/mol. The van der Waals surface area contributed by atoms with Crippen molar-refractivity contribution in [1.82, 2.24) is 9.97 Å². The highest BCUT2D eigenvalue weighted by Gasteiger charge is 2.20. The molecule has 1 amide bonds. The van der Waals surface area contributed by atoms with Gasteiger partial charge in [0.25, 0.3) is 0 Å². The fraction of sp³-hybridized carbons (Fsp3) is 0.348. The zero-order valence-corrected chi connectivity index (χ0v) is 16.7. The fourth-order valence-corrected chi connectivity index (χ4v) is 3.67. The van der Waals surface area contributed by atoms with E-state index in [0.29, 0.717) is 25.3 Å². The molecule has 2 heterocycles. The summed E-state index contributed by atoms with van der Waals surface area (Å²) in [4.78, 5) is 24.4. The van der Waals surface area contributed by atoms with E-state index in [1.54, 1.807) is 0 Å². The quantitative estimate of drug-likeness (QED) is 0.655. The molecule has 0 saturated carbocycles. The lowest BCUT2D eigenvalue weighted by Gasteiger charge is -2.20. The highest BCUT2D eigenvalue weighted by Crippen LogP contribution is 2.28. The number of anilines is 2. The first-order valence-corrected chi connectivity index (χ1v) is 10.3. The molecule has 0 spiro atoms. The largest absolute Gasteiger partial charge is 0.494 e. The molecule has 6 nitrogen and oxygen atoms in total. The molecule has 2 aromatic carbocycles. The number of ether oxygens (including phenoxy) is 1. The van der Waals surface area contributed by atoms with Crippen LogP contribution < -0.4 is 15.0 Å². The van der Waals surface area contributed by atoms with Crippen molar-refractivity contribution >= 4 is 28.6 Å². The van der Waals surface area contributed by atoms with Crippen LogP contribution >= 0.6 is 0 Å². The van der Waals surface area contributed by atoms with Crippen LogP contribution in [0.4, 0.5) is 11.6 Å². The Kier molecular flexibility index (Phi) is 5.89. The third-order valence-corrected chi connectivity index (χ3v) is 5.11. The first kappa shape index (κ1) is 19.2. The van der Waals surface area contributed by atoms with Gasteiger partial charge in [0.05, 0.1) is 17.6 Å². The zero-order chi connectivity index (χ0) is 20.1. The van der Waals surface area contributed by atoms with Crippen LogP contribution in [0.15, 0.2) is 48.5 Å². The first-order chi connectivity index (χ1) is 14.2. The van der Waals surface area contributed by atoms with Crippen molar-refractivity contribution in [3.63, 3.8) is 0 Å². The zero-order valence-electron chi connectivity index (χ0n) is 16.7. The van der Waals surface area contributed by atoms with Crippen molar-refractivity contribution in [2.45, 2.75) is 32.6 Å². The van der Waals surface area contributed by atoms with Crippen LogP contribution in [0.25, 0.3) is 11.0 Å². The summed E-state index contributed by atoms with van der Waals surface area (Å²) in [5, 5.41) is 3.01. The maximum Gasteiger partial charge on any atom is 0.225 e. The van der Waals surface area contributed by atoms with Crippen molar-refractivity contribution in [3.8, 4) is 5.75 Å². The molecule has 1 fully saturated rings. The molecule has 1 aromatic heterocycles. The molecular formula is C23H26N4O2. The summed E-state index contributed by atoms with van der Waals surface area (Å²) in [6.45, 7) is 4.45. The molecular weight excluding hydrogens is 364 g/mol. The van der Waals surface area contributed by atoms with Gasteiger partial charge in [-0.15, -0.1) is 0 Å². The van der Waals surface area contributed by atoms with Gasteiger partial charge < -0.3 is 15.0 Å². The Morgan fingerprint density at radius 1 is 1.03 bits per heavy atom. The van der Waals surface area contributed by atoms with Gasteiger partial charge in [0, 0.05) is 19.5 Å². The van der Waals surface area contributed by atoms with Crippen LogP contribution in [0.2, 0.25) is 0 Å². The number of nitrogens with one attached hydrogen (secondary N) is 1. The Morgan fingerprint density at radius 2 is 1.72 bits per heavy atom. The van der Waals surface area contributed by atoms with Crippen molar-refractivity contribution < 1.29 is 9.53 Å². The summed E-state index contributed by atoms with van der Waals surface area (Å²) in [5.74, 6) is 2.09. The van der Waals surface area contributed by atoms with Gasteiger partial charge in [-0.1, -0.05) is 30.3 Å². The molecule has 1 aliphatic heterocycles. The fourth-order valence-electron chi connectivity index (χ4n) is 3.67. The number of hydrogen-bond donors (Lipinski definition) is 1. The summed E-state index contributed by atoms with van der Waals surface area (Å²) >= 11 is 0. The second-order valence-electron chi connectivity index (χ2n) is 7.17. The van der Waals surface area contributed by atoms with Crippen molar-refractivity contribution in [2.75, 3.05) is 29.9 Å². The molecule has 6 heteroatoms. The number of nitrogens with zero attached hydrogens (tertiary/aromatic N) is 3. The van der Waals surface area contributed by atoms with Gasteiger partial charge in [-0.25, -0.2) is 9.97 Å². The summed E-state index contributed by atoms with van der Waals surface area (Å²) < 4.78 is 5.66. The van der Waals surface area contributed by atoms with E-state index in [-0.39, 0.29) is 5.91 Å². The van der Waals surface area contributed by atoms with E-state index in [2.05, 4.69) is 10.2 Å². The number of hydrogen-bond acceptors (Lipinski definition) is 5. The Balaban J connectivity index is 1.52. The van der Waals surface area contributed by atoms with Gasteiger partial charge in [-0.2, -0.15) is 0 Å². The molecule has 3 aromatic rings. The summed E-state index contributed by atoms with van der Waals surface area (Å²) in [7, 11) is 0. The maximum atomic E-state index is 12.7. The SMILES string of the molecule is CCOc1ccccc1CCC(=O)Nc1nc2ccccc2nc1N1CCCC1. The van der Waals surface area contributed by atoms with Crippen LogP contribution in [0, 0.1) is 0 Å². The molecule has 4 rings (SSSR count). The highest BCUT2D eigenvalue weighted by molar-refractivity contribution is 5.94. The molecule has 1 aliphatic rings. The Bertz CT molecular complexity index is 999. The number of aromatic nitrogens is 2. The number of carbonyl (C=O) groups excluding carboxylic acids is 1. The summed E-state index contributed by atoms with van der Waals surface area (Å²) in [5.41, 5.74) is 2.67. The average Bonchev–Trinajstić information content (AvgIpc) is 3.27. The molecule has 150 valence electrons. The molecule has 0 bridgehead atoms. The van der Waals surface area contributed by atoms with Crippen LogP contribution in [0.3, 0.4) is 0 Å². The van der Waals surface area contributed by atoms with Crippen LogP contribution in [-0.2, 0) is 11.2 Å². The van der Waals surface area contributed by atoms with E-state index < -0.39 is 0 Å². The van der Waals surface area contributed by atoms with Gasteiger partial charge >= 0.3 is 0 Å². The Morgan fingerprint density at radius 3 is 2.48 bits per heavy atom. The number of carbonyl (C=O) groups is 1. The van der Waals surface area contributed by atoms with E-state index in [9.17, 15) is 4.79 Å². The normalized spacial score (nSPS) is 13.6. The van der Waals surface area contributed by atoms with E-state index in [1.165, 1.54) is 0 Å². The maximum absolute atomic E-state index is 12.7. The van der Waals surface area contributed by atoms with Crippen molar-refractivity contribution in [1.29, 1.82) is 0 Å². The number of para-hydroxylation sites is 3. The minimum absolute atomic E-state index is 0.0682. The molecule has 0 atom stereocenters. The second-order valence-corrected chi connectivity index (χ2v) is 7.17. The van der Waals surface area contributed by atoms with Crippen LogP contribution in [-0.4, -0.2) is 35.6 Å². The Labute approximate surface area is 170 Å². The standard InChI is InChI=1S/C23H26N4O2/c1-2-29-20-12-6-3-9-17(20)13-14-21(28)26-22-23(27-15-7-8-16-27)25-19-11-5-4-10-18(19)24-22/h3-6,9-12H,2,7-8,13-16H2,1H3,(H,24,26,28). The molecule has 0 aliphatic carbocycles. The Hall–Kier alpha value is -3.15. The van der Waals surface area contributed by atoms with Gasteiger partial charge in [-0.05, 0) is 49.9 Å². The molecule has 29 heavy (non-hydrogen) atoms. The smallest absolute Gasteiger partial charge is 0.225 e. The molecule has 0 radical (unpaired) electrons. The van der Waals surface area contributed by atoms with Gasteiger partial charge in [0.2, 0.25) is 5.91 Å². The van der Waals surface area contributed by atoms with E-state index in [4.69, 9.17) is 14.7 Å². The van der Waals surface area contributed by atoms with Crippen molar-refractivity contribution in [2.24, 2.45) is 0 Å². The van der Waals surface area contributed by atoms with Crippen LogP contribution in [0.5, 0.6) is 5.75 Å². The number of amides is 1. The first-order valence-electron chi connectivity index (χ1n) is 10.3. The van der Waals surface area contributed by atoms with E-state index >= 15 is 0 Å². The second kappa shape index (κ2) is 8.90. The minimum Gasteiger partial charge on any atom is -0.494 e. The van der Waals surface area contributed by atoms with Gasteiger partial charge in [0.1, 0.15) is 5.75 Å². The minimum atomic E-state index is -0.0682. The molecule has 0 unspecified atom stereocenters. The van der Waals surface area contributed by atoms with Gasteiger partial charge in [0.15, 0.2) is 11.6 Å². The number of aryl methyl sites for hydroxylation is 1. The van der Waals surface area contributed by atoms with Crippen LogP contribution in [0.1, 0.15) is 31.7 Å². The highest BCUT2D eigenvalue weighted by atomic mass is 16.5. The predicted octanol–water partition coefficient (Wildman–Crippen LogP) is 4.20. The number of benzene rings is 2. The molecule has 1 saturated heterocycles. The lowest BCUT2D eigenvalue weighted by Crippen LogP contribution is -2.23. The topological polar surface area (TPSA) is 67.3 Å². The van der Waals surface area contributed by atoms with Gasteiger partial charge in [-0.3, -0.25) is 4.79 Å². The molecule has 1 N–H and O–H groups in total. The van der Waals surface area contributed by atoms with Crippen molar-refractivity contribution in [3.05, 3.63) is 54.1 Å². The third-order valence-electron chi connectivity index (χ3n) is 5.11. The number of fused-ring (bicyclic) bond motifs is 1. The third kappa shape index (κ3) is 4.47. The number of rotatable bonds is 7. The summed E-state index contributed by atoms with van der Waals surface area (Å²) in [6, 6.07) is 15.6. The lowest BCUT2D eigenvalue weighted by atomic mass is 10.1. The lowest BCUT2D eigenvalue weighted by molar-refractivity contribution is -0.116. The predicted molar refractivity (Wildman–Crippen MR) is 116 cm³/mol.